The molecule has 3 heteroatoms. The van der Waals surface area contributed by atoms with E-state index in [-0.39, 0.29) is 0 Å². The van der Waals surface area contributed by atoms with Gasteiger partial charge in [0.25, 0.3) is 0 Å². The topological polar surface area (TPSA) is 0 Å². The first-order valence-corrected chi connectivity index (χ1v) is 20.9. The molecule has 0 unspecified atom stereocenters. The maximum absolute atomic E-state index is 2.31. The number of rotatable bonds is 3. The fourth-order valence-corrected chi connectivity index (χ4v) is 24.3. The van der Waals surface area contributed by atoms with E-state index in [2.05, 4.69) is 91.0 Å². The molecule has 0 bridgehead atoms. The summed E-state index contributed by atoms with van der Waals surface area (Å²) in [4.78, 5) is 0. The van der Waals surface area contributed by atoms with E-state index in [0.717, 1.165) is 0 Å². The molecule has 0 nitrogen and oxygen atoms in total. The van der Waals surface area contributed by atoms with Gasteiger partial charge >= 0.3 is 166 Å². The summed E-state index contributed by atoms with van der Waals surface area (Å²) >= 11 is 1.36. The van der Waals surface area contributed by atoms with E-state index in [4.69, 9.17) is 0 Å². The second kappa shape index (κ2) is 8.55. The summed E-state index contributed by atoms with van der Waals surface area (Å²) in [7, 11) is 0. The molecule has 4 rings (SSSR count). The Morgan fingerprint density at radius 1 is 0.560 bits per heavy atom. The van der Waals surface area contributed by atoms with Crippen molar-refractivity contribution in [1.29, 1.82) is 0 Å². The van der Waals surface area contributed by atoms with Crippen molar-refractivity contribution in [3.63, 3.8) is 0 Å². The molecule has 0 atom stereocenters. The van der Waals surface area contributed by atoms with Crippen LogP contribution < -0.4 is 0 Å². The van der Waals surface area contributed by atoms with Gasteiger partial charge in [0, 0.05) is 0 Å². The van der Waals surface area contributed by atoms with Crippen LogP contribution in [0.4, 0.5) is 0 Å². The Morgan fingerprint density at radius 2 is 1.08 bits per heavy atom. The van der Waals surface area contributed by atoms with Crippen LogP contribution in [-0.2, 0) is 0 Å². The van der Waals surface area contributed by atoms with Gasteiger partial charge < -0.3 is 0 Å². The summed E-state index contributed by atoms with van der Waals surface area (Å²) in [5, 5.41) is 1.30. The van der Waals surface area contributed by atoms with Crippen LogP contribution in [0.2, 0.25) is 5.21 Å². The van der Waals surface area contributed by atoms with Crippen molar-refractivity contribution in [2.45, 2.75) is 5.21 Å². The fourth-order valence-electron chi connectivity index (χ4n) is 3.04. The van der Waals surface area contributed by atoms with Crippen molar-refractivity contribution in [2.75, 3.05) is 0 Å². The molecule has 0 saturated carbocycles. The molecule has 120 valence electrons. The van der Waals surface area contributed by atoms with Crippen LogP contribution in [0.5, 0.6) is 0 Å². The van der Waals surface area contributed by atoms with E-state index in [1.165, 1.54) is 27.5 Å². The van der Waals surface area contributed by atoms with Gasteiger partial charge in [0.15, 0.2) is 0 Å². The minimum absolute atomic E-state index is 0.318. The summed E-state index contributed by atoms with van der Waals surface area (Å²) in [5.74, 6) is 0. The molecule has 0 N–H and O–H groups in total. The second-order valence-corrected chi connectivity index (χ2v) is 26.1. The zero-order valence-electron chi connectivity index (χ0n) is 13.7. The average Bonchev–Trinajstić information content (AvgIpc) is 2.93. The van der Waals surface area contributed by atoms with E-state index in [1.54, 1.807) is 9.88 Å². The Morgan fingerprint density at radius 3 is 1.68 bits per heavy atom. The Hall–Kier alpha value is -1.05. The van der Waals surface area contributed by atoms with Crippen LogP contribution in [0.1, 0.15) is 16.7 Å². The predicted octanol–water partition coefficient (Wildman–Crippen LogP) is 4.19. The summed E-state index contributed by atoms with van der Waals surface area (Å²) in [6, 6.07) is 33.2. The summed E-state index contributed by atoms with van der Waals surface area (Å²) in [5.41, 5.74) is 7.34. The van der Waals surface area contributed by atoms with Gasteiger partial charge in [-0.3, -0.25) is 0 Å². The summed E-state index contributed by atoms with van der Waals surface area (Å²) in [6.45, 7) is 0. The number of hydrogen-bond acceptors (Lipinski definition) is 0. The van der Waals surface area contributed by atoms with Gasteiger partial charge in [-0.15, -0.1) is 0 Å². The van der Waals surface area contributed by atoms with E-state index < -0.39 is 0 Å². The monoisotopic (exact) mass is 506 g/mol. The van der Waals surface area contributed by atoms with Crippen molar-refractivity contribution in [3.8, 4) is 0 Å². The molecule has 1 aliphatic rings. The molecule has 3 aromatic carbocycles. The Labute approximate surface area is 164 Å². The van der Waals surface area contributed by atoms with Crippen LogP contribution in [-0.4, -0.2) is 41.8 Å². The average molecular weight is 506 g/mol. The molecule has 3 aromatic rings. The van der Waals surface area contributed by atoms with Gasteiger partial charge in [0.05, 0.1) is 0 Å². The molecule has 0 aliphatic carbocycles. The van der Waals surface area contributed by atoms with Gasteiger partial charge in [-0.2, -0.15) is 0 Å². The first-order chi connectivity index (χ1) is 12.4. The number of hydrogen-bond donors (Lipinski definition) is 0. The van der Waals surface area contributed by atoms with Gasteiger partial charge in [-0.05, 0) is 0 Å². The van der Waals surface area contributed by atoms with Gasteiger partial charge in [0.1, 0.15) is 0 Å². The predicted molar refractivity (Wildman–Crippen MR) is 112 cm³/mol. The number of benzene rings is 3. The normalized spacial score (nSPS) is 16.1. The van der Waals surface area contributed by atoms with Crippen LogP contribution in [0.15, 0.2) is 91.0 Å². The molecule has 0 radical (unpaired) electrons. The molecular formula is C22H17As3. The molecular weight excluding hydrogens is 489 g/mol. The third-order valence-corrected chi connectivity index (χ3v) is 25.4. The van der Waals surface area contributed by atoms with E-state index >= 15 is 0 Å². The van der Waals surface area contributed by atoms with Gasteiger partial charge in [-0.1, -0.05) is 0 Å². The van der Waals surface area contributed by atoms with Crippen molar-refractivity contribution < 1.29 is 0 Å². The zero-order chi connectivity index (χ0) is 16.9. The summed E-state index contributed by atoms with van der Waals surface area (Å²) in [6.07, 6.45) is 0. The van der Waals surface area contributed by atoms with Gasteiger partial charge in [0.2, 0.25) is 0 Å². The Balaban J connectivity index is 1.99. The van der Waals surface area contributed by atoms with E-state index in [1.807, 2.05) is 0 Å². The van der Waals surface area contributed by atoms with Crippen LogP contribution in [0.3, 0.4) is 0 Å². The van der Waals surface area contributed by atoms with E-state index in [9.17, 15) is 0 Å². The standard InChI is InChI=1S/C22H17As3/c1-4-10-17(11-5-1)20-16-23-25-24-22(19-14-8-3-9-15-19)21(20)18-12-6-2-7-13-18/h1-15H,16H2. The first kappa shape index (κ1) is 17.4. The fraction of sp³-hybridized carbons (Fsp3) is 0.0455. The number of allylic oxidation sites excluding steroid dienone is 2. The molecule has 0 fully saturated rings. The molecule has 0 spiro atoms. The van der Waals surface area contributed by atoms with E-state index in [0.29, 0.717) is 37.5 Å². The van der Waals surface area contributed by atoms with Crippen LogP contribution in [0.25, 0.3) is 11.1 Å². The van der Waals surface area contributed by atoms with Crippen LogP contribution >= 0.6 is 0 Å². The molecule has 1 heterocycles. The van der Waals surface area contributed by atoms with Crippen molar-refractivity contribution in [3.05, 3.63) is 108 Å². The van der Waals surface area contributed by atoms with Crippen molar-refractivity contribution in [1.82, 2.24) is 0 Å². The molecule has 1 aliphatic heterocycles. The molecule has 25 heavy (non-hydrogen) atoms. The van der Waals surface area contributed by atoms with Crippen molar-refractivity contribution in [2.24, 2.45) is 0 Å². The van der Waals surface area contributed by atoms with Gasteiger partial charge in [-0.25, -0.2) is 0 Å². The first-order valence-electron chi connectivity index (χ1n) is 8.28. The molecule has 0 saturated heterocycles. The SMILES string of the molecule is c1ccc(C2=[As][As]=[As]CC(c3ccccc3)=C2c2ccccc2)cc1. The maximum atomic E-state index is 2.31. The Bertz CT molecular complexity index is 940. The third-order valence-electron chi connectivity index (χ3n) is 4.21. The van der Waals surface area contributed by atoms with Crippen molar-refractivity contribution >= 4 is 52.9 Å². The third kappa shape index (κ3) is 4.04. The quantitative estimate of drug-likeness (QED) is 0.468. The summed E-state index contributed by atoms with van der Waals surface area (Å²) < 4.78 is 1.65. The molecule has 0 aromatic heterocycles. The minimum atomic E-state index is 0.318. The molecule has 0 amide bonds. The Kier molecular flexibility index (Phi) is 5.94. The van der Waals surface area contributed by atoms with Crippen LogP contribution in [0, 0.1) is 0 Å². The zero-order valence-corrected chi connectivity index (χ0v) is 19.3. The second-order valence-electron chi connectivity index (χ2n) is 5.79.